The molecule has 0 aliphatic heterocycles. The summed E-state index contributed by atoms with van der Waals surface area (Å²) in [6.07, 6.45) is 0. The van der Waals surface area contributed by atoms with Gasteiger partial charge in [-0.15, -0.1) is 0 Å². The molecule has 0 radical (unpaired) electrons. The molecular weight excluding hydrogens is 713 g/mol. The van der Waals surface area contributed by atoms with Crippen molar-refractivity contribution in [3.05, 3.63) is 241 Å². The van der Waals surface area contributed by atoms with Crippen molar-refractivity contribution >= 4 is 10.8 Å². The van der Waals surface area contributed by atoms with Gasteiger partial charge in [0, 0.05) is 16.7 Å². The van der Waals surface area contributed by atoms with Crippen LogP contribution in [0.25, 0.3) is 89.2 Å². The van der Waals surface area contributed by atoms with Crippen molar-refractivity contribution in [3.63, 3.8) is 0 Å². The topological polar surface area (TPSA) is 25.8 Å². The smallest absolute Gasteiger partial charge is 0.160 e. The average Bonchev–Trinajstić information content (AvgIpc) is 3.80. The fourth-order valence-corrected chi connectivity index (χ4v) is 9.95. The van der Waals surface area contributed by atoms with Gasteiger partial charge in [-0.2, -0.15) is 0 Å². The number of hydrogen-bond donors (Lipinski definition) is 0. The molecule has 9 aromatic carbocycles. The third kappa shape index (κ3) is 5.06. The number of hydrogen-bond acceptors (Lipinski definition) is 2. The standard InChI is InChI=1S/C57H36N2/c1-3-15-40(16-4-1)52-36-53(59-56(58-52)42-17-5-2-6-18-42)41-33-29-38(30-34-41)37-27-31-39(32-28-37)48-35-43-19-7-8-20-44(43)55-54(48)47-23-11-14-26-51(47)57(55)49-24-12-9-21-45(49)46-22-10-13-25-50(46)57/h1-36H. The van der Waals surface area contributed by atoms with Crippen molar-refractivity contribution in [2.75, 3.05) is 0 Å². The zero-order valence-electron chi connectivity index (χ0n) is 32.2. The monoisotopic (exact) mass is 748 g/mol. The molecule has 1 aromatic heterocycles. The molecule has 1 heterocycles. The van der Waals surface area contributed by atoms with E-state index in [1.165, 1.54) is 72.0 Å². The summed E-state index contributed by atoms with van der Waals surface area (Å²) in [4.78, 5) is 10.0. The second-order valence-electron chi connectivity index (χ2n) is 15.6. The molecule has 2 aliphatic rings. The molecule has 1 spiro atoms. The number of aromatic nitrogens is 2. The Kier molecular flexibility index (Phi) is 7.48. The molecule has 2 nitrogen and oxygen atoms in total. The molecule has 0 bridgehead atoms. The van der Waals surface area contributed by atoms with E-state index in [0.717, 1.165) is 39.5 Å². The molecule has 12 rings (SSSR count). The van der Waals surface area contributed by atoms with E-state index in [1.54, 1.807) is 0 Å². The van der Waals surface area contributed by atoms with Crippen molar-refractivity contribution in [1.29, 1.82) is 0 Å². The molecular formula is C57H36N2. The van der Waals surface area contributed by atoms with Crippen LogP contribution in [-0.4, -0.2) is 9.97 Å². The number of benzene rings is 9. The van der Waals surface area contributed by atoms with Crippen molar-refractivity contribution in [2.45, 2.75) is 5.41 Å². The Labute approximate surface area is 343 Å². The number of fused-ring (bicyclic) bond motifs is 12. The Hall–Kier alpha value is -7.68. The molecule has 274 valence electrons. The molecule has 0 saturated heterocycles. The van der Waals surface area contributed by atoms with Crippen LogP contribution < -0.4 is 0 Å². The van der Waals surface area contributed by atoms with Gasteiger partial charge in [-0.25, -0.2) is 9.97 Å². The van der Waals surface area contributed by atoms with Crippen LogP contribution in [0.2, 0.25) is 0 Å². The van der Waals surface area contributed by atoms with Crippen molar-refractivity contribution in [1.82, 2.24) is 9.97 Å². The van der Waals surface area contributed by atoms with Gasteiger partial charge < -0.3 is 0 Å². The van der Waals surface area contributed by atoms with Crippen molar-refractivity contribution < 1.29 is 0 Å². The fourth-order valence-electron chi connectivity index (χ4n) is 9.95. The predicted octanol–water partition coefficient (Wildman–Crippen LogP) is 14.3. The lowest BCUT2D eigenvalue weighted by atomic mass is 9.69. The van der Waals surface area contributed by atoms with Gasteiger partial charge in [-0.05, 0) is 89.7 Å². The van der Waals surface area contributed by atoms with Crippen molar-refractivity contribution in [3.8, 4) is 78.4 Å². The molecule has 0 unspecified atom stereocenters. The van der Waals surface area contributed by atoms with Crippen LogP contribution in [0.5, 0.6) is 0 Å². The Morgan fingerprint density at radius 2 is 0.746 bits per heavy atom. The lowest BCUT2D eigenvalue weighted by Crippen LogP contribution is -2.26. The predicted molar refractivity (Wildman–Crippen MR) is 243 cm³/mol. The van der Waals surface area contributed by atoms with Gasteiger partial charge in [0.1, 0.15) is 0 Å². The quantitative estimate of drug-likeness (QED) is 0.175. The van der Waals surface area contributed by atoms with Crippen LogP contribution in [0.3, 0.4) is 0 Å². The normalized spacial score (nSPS) is 12.9. The van der Waals surface area contributed by atoms with Gasteiger partial charge in [0.15, 0.2) is 5.82 Å². The minimum Gasteiger partial charge on any atom is -0.228 e. The summed E-state index contributed by atoms with van der Waals surface area (Å²) in [5, 5.41) is 2.56. The van der Waals surface area contributed by atoms with E-state index < -0.39 is 5.41 Å². The summed E-state index contributed by atoms with van der Waals surface area (Å²) >= 11 is 0. The van der Waals surface area contributed by atoms with E-state index in [1.807, 2.05) is 24.3 Å². The highest BCUT2D eigenvalue weighted by molar-refractivity contribution is 6.09. The van der Waals surface area contributed by atoms with Gasteiger partial charge in [0.25, 0.3) is 0 Å². The first-order chi connectivity index (χ1) is 29.3. The largest absolute Gasteiger partial charge is 0.228 e. The summed E-state index contributed by atoms with van der Waals surface area (Å²) in [6.45, 7) is 0. The molecule has 0 saturated carbocycles. The van der Waals surface area contributed by atoms with Crippen LogP contribution in [0.15, 0.2) is 218 Å². The molecule has 59 heavy (non-hydrogen) atoms. The van der Waals surface area contributed by atoms with E-state index in [4.69, 9.17) is 9.97 Å². The average molecular weight is 749 g/mol. The molecule has 0 atom stereocenters. The van der Waals surface area contributed by atoms with E-state index in [9.17, 15) is 0 Å². The molecule has 2 aliphatic carbocycles. The third-order valence-corrected chi connectivity index (χ3v) is 12.5. The van der Waals surface area contributed by atoms with Gasteiger partial charge in [-0.1, -0.05) is 206 Å². The SMILES string of the molecule is c1ccc(-c2cc(-c3ccc(-c4ccc(-c5cc6ccccc6c6c5-c5ccccc5C65c6ccccc6-c6ccccc65)cc4)cc3)nc(-c3ccccc3)n2)cc1. The summed E-state index contributed by atoms with van der Waals surface area (Å²) in [5.41, 5.74) is 20.1. The van der Waals surface area contributed by atoms with Gasteiger partial charge in [0.05, 0.1) is 16.8 Å². The Balaban J connectivity index is 0.969. The number of nitrogens with zero attached hydrogens (tertiary/aromatic N) is 2. The summed E-state index contributed by atoms with van der Waals surface area (Å²) in [5.74, 6) is 0.719. The minimum atomic E-state index is -0.413. The van der Waals surface area contributed by atoms with Gasteiger partial charge >= 0.3 is 0 Å². The molecule has 10 aromatic rings. The van der Waals surface area contributed by atoms with Gasteiger partial charge in [-0.3, -0.25) is 0 Å². The second kappa shape index (κ2) is 13.2. The lowest BCUT2D eigenvalue weighted by molar-refractivity contribution is 0.801. The van der Waals surface area contributed by atoms with Crippen LogP contribution >= 0.6 is 0 Å². The van der Waals surface area contributed by atoms with Crippen LogP contribution in [0, 0.1) is 0 Å². The summed E-state index contributed by atoms with van der Waals surface area (Å²) in [6, 6.07) is 79.2. The van der Waals surface area contributed by atoms with Gasteiger partial charge in [0.2, 0.25) is 0 Å². The maximum atomic E-state index is 5.05. The Morgan fingerprint density at radius 3 is 1.36 bits per heavy atom. The summed E-state index contributed by atoms with van der Waals surface area (Å²) < 4.78 is 0. The molecule has 0 N–H and O–H groups in total. The number of rotatable bonds is 5. The first-order valence-electron chi connectivity index (χ1n) is 20.3. The first kappa shape index (κ1) is 33.5. The van der Waals surface area contributed by atoms with E-state index in [2.05, 4.69) is 194 Å². The first-order valence-corrected chi connectivity index (χ1v) is 20.3. The maximum Gasteiger partial charge on any atom is 0.160 e. The van der Waals surface area contributed by atoms with Crippen LogP contribution in [0.4, 0.5) is 0 Å². The second-order valence-corrected chi connectivity index (χ2v) is 15.6. The molecule has 0 amide bonds. The van der Waals surface area contributed by atoms with E-state index in [-0.39, 0.29) is 0 Å². The molecule has 2 heteroatoms. The Morgan fingerprint density at radius 1 is 0.305 bits per heavy atom. The minimum absolute atomic E-state index is 0.413. The zero-order chi connectivity index (χ0) is 38.9. The maximum absolute atomic E-state index is 5.05. The Bertz CT molecular complexity index is 3130. The van der Waals surface area contributed by atoms with Crippen molar-refractivity contribution in [2.24, 2.45) is 0 Å². The highest BCUT2D eigenvalue weighted by atomic mass is 14.9. The fraction of sp³-hybridized carbons (Fsp3) is 0.0175. The third-order valence-electron chi connectivity index (χ3n) is 12.5. The highest BCUT2D eigenvalue weighted by Crippen LogP contribution is 2.65. The zero-order valence-corrected chi connectivity index (χ0v) is 32.2. The summed E-state index contributed by atoms with van der Waals surface area (Å²) in [7, 11) is 0. The van der Waals surface area contributed by atoms with E-state index in [0.29, 0.717) is 0 Å². The van der Waals surface area contributed by atoms with E-state index >= 15 is 0 Å². The van der Waals surface area contributed by atoms with Crippen LogP contribution in [0.1, 0.15) is 22.3 Å². The molecule has 0 fully saturated rings. The lowest BCUT2D eigenvalue weighted by Gasteiger charge is -2.31. The van der Waals surface area contributed by atoms with Crippen LogP contribution in [-0.2, 0) is 5.41 Å². The highest BCUT2D eigenvalue weighted by Gasteiger charge is 2.52.